The summed E-state index contributed by atoms with van der Waals surface area (Å²) < 4.78 is 25.5. The van der Waals surface area contributed by atoms with E-state index in [1.54, 1.807) is 27.6 Å². The first kappa shape index (κ1) is 38.2. The normalized spacial score (nSPS) is 24.7. The fraction of sp³-hybridized carbons (Fsp3) is 0.465. The maximum absolute atomic E-state index is 16.7. The second-order valence-electron chi connectivity index (χ2n) is 16.4. The Labute approximate surface area is 328 Å². The number of halogens is 1. The smallest absolute Gasteiger partial charge is 0.264 e. The number of piperidine rings is 2. The van der Waals surface area contributed by atoms with Crippen LogP contribution >= 0.6 is 0 Å². The number of fused-ring (bicyclic) bond motifs is 2. The molecule has 56 heavy (non-hydrogen) atoms. The van der Waals surface area contributed by atoms with E-state index in [0.717, 1.165) is 48.2 Å². The number of aliphatic hydroxyl groups is 1. The van der Waals surface area contributed by atoms with E-state index >= 15 is 8.90 Å². The highest BCUT2D eigenvalue weighted by molar-refractivity contribution is 6.72. The minimum absolute atomic E-state index is 0.0510. The van der Waals surface area contributed by atoms with Crippen LogP contribution in [0.1, 0.15) is 80.2 Å². The van der Waals surface area contributed by atoms with Crippen LogP contribution < -0.4 is 14.7 Å². The molecule has 4 aliphatic heterocycles. The third-order valence-corrected chi connectivity index (χ3v) is 14.9. The van der Waals surface area contributed by atoms with Crippen molar-refractivity contribution in [3.63, 3.8) is 0 Å². The lowest BCUT2D eigenvalue weighted by molar-refractivity contribution is -0.146. The van der Waals surface area contributed by atoms with Crippen LogP contribution in [-0.2, 0) is 37.8 Å². The SMILES string of the molecule is C[C@@H]1[C@@H]([Si](C)(C)F)[C@H](CCn2cc(C(CO)c3ccccc3)nn2)O[C@@]12C(=O)N(Cc1ccc(N3CCCCC3=O)cc1)c1ccc(N3CCCCC3=O)cc12. The fourth-order valence-electron chi connectivity index (χ4n) is 9.65. The average Bonchev–Trinajstić information content (AvgIpc) is 3.85. The molecule has 11 nitrogen and oxygen atoms in total. The van der Waals surface area contributed by atoms with Crippen LogP contribution in [0.5, 0.6) is 0 Å². The van der Waals surface area contributed by atoms with Crippen molar-refractivity contribution in [2.75, 3.05) is 34.4 Å². The number of carbonyl (C=O) groups is 3. The zero-order valence-corrected chi connectivity index (χ0v) is 33.4. The van der Waals surface area contributed by atoms with Gasteiger partial charge in [0, 0.05) is 67.1 Å². The third-order valence-electron chi connectivity index (χ3n) is 12.4. The summed E-state index contributed by atoms with van der Waals surface area (Å²) >= 11 is 0. The number of anilines is 3. The average molecular weight is 779 g/mol. The number of aliphatic hydroxyl groups excluding tert-OH is 1. The van der Waals surface area contributed by atoms with Crippen LogP contribution in [-0.4, -0.2) is 72.0 Å². The molecule has 294 valence electrons. The van der Waals surface area contributed by atoms with E-state index in [0.29, 0.717) is 55.8 Å². The Hall–Kier alpha value is -4.72. The van der Waals surface area contributed by atoms with Gasteiger partial charge in [0.15, 0.2) is 5.60 Å². The van der Waals surface area contributed by atoms with Crippen molar-refractivity contribution in [3.05, 3.63) is 101 Å². The lowest BCUT2D eigenvalue weighted by atomic mass is 9.82. The van der Waals surface area contributed by atoms with Gasteiger partial charge in [0.1, 0.15) is 0 Å². The first-order chi connectivity index (χ1) is 27.0. The Morgan fingerprint density at radius 1 is 0.911 bits per heavy atom. The first-order valence-corrected chi connectivity index (χ1v) is 23.0. The van der Waals surface area contributed by atoms with Gasteiger partial charge in [-0.2, -0.15) is 0 Å². The summed E-state index contributed by atoms with van der Waals surface area (Å²) in [6, 6.07) is 23.2. The predicted molar refractivity (Wildman–Crippen MR) is 215 cm³/mol. The molecule has 3 amide bonds. The monoisotopic (exact) mass is 778 g/mol. The quantitative estimate of drug-likeness (QED) is 0.131. The minimum Gasteiger partial charge on any atom is -0.395 e. The lowest BCUT2D eigenvalue weighted by Crippen LogP contribution is -2.45. The number of carbonyl (C=O) groups excluding carboxylic acids is 3. The second-order valence-corrected chi connectivity index (χ2v) is 20.2. The molecule has 4 aliphatic rings. The molecule has 3 fully saturated rings. The second kappa shape index (κ2) is 15.3. The molecule has 13 heteroatoms. The van der Waals surface area contributed by atoms with E-state index in [1.807, 2.05) is 90.8 Å². The van der Waals surface area contributed by atoms with Gasteiger partial charge in [-0.3, -0.25) is 19.1 Å². The van der Waals surface area contributed by atoms with Gasteiger partial charge in [-0.25, -0.2) is 0 Å². The maximum atomic E-state index is 16.7. The summed E-state index contributed by atoms with van der Waals surface area (Å²) in [6.07, 6.45) is 6.27. The standard InChI is InChI=1S/C43H51FN6O5Si/c1-29-41(56(2,3)44)38(21-24-47-27-36(45-46-47)34(28-51)31-11-5-4-6-12-31)55-43(29)35-25-33(49-23-10-8-14-40(49)53)19-20-37(35)50(42(43)54)26-30-15-17-32(18-16-30)48-22-9-7-13-39(48)52/h4-6,11-12,15-20,25,27,29,34,38,41,51H,7-10,13-14,21-24,26,28H2,1-3H3/t29-,34?,38+,41-,43+/m1/s1. The van der Waals surface area contributed by atoms with E-state index in [-0.39, 0.29) is 36.8 Å². The van der Waals surface area contributed by atoms with Gasteiger partial charge in [0.05, 0.1) is 36.6 Å². The van der Waals surface area contributed by atoms with E-state index in [2.05, 4.69) is 10.3 Å². The number of hydrogen-bond acceptors (Lipinski definition) is 7. The van der Waals surface area contributed by atoms with Gasteiger partial charge in [-0.05, 0) is 86.7 Å². The van der Waals surface area contributed by atoms with E-state index in [4.69, 9.17) is 4.74 Å². The molecule has 0 radical (unpaired) electrons. The van der Waals surface area contributed by atoms with Gasteiger partial charge in [0.2, 0.25) is 20.2 Å². The van der Waals surface area contributed by atoms with Gasteiger partial charge >= 0.3 is 0 Å². The molecule has 1 unspecified atom stereocenters. The van der Waals surface area contributed by atoms with Crippen molar-refractivity contribution in [1.82, 2.24) is 15.0 Å². The van der Waals surface area contributed by atoms with Crippen molar-refractivity contribution in [2.45, 2.75) is 101 Å². The molecule has 3 saturated heterocycles. The summed E-state index contributed by atoms with van der Waals surface area (Å²) in [5.41, 5.74) is 3.42. The molecule has 0 saturated carbocycles. The molecule has 1 aromatic heterocycles. The lowest BCUT2D eigenvalue weighted by Gasteiger charge is -2.32. The van der Waals surface area contributed by atoms with Gasteiger partial charge < -0.3 is 28.7 Å². The summed E-state index contributed by atoms with van der Waals surface area (Å²) in [6.45, 7) is 7.16. The number of aryl methyl sites for hydroxylation is 1. The van der Waals surface area contributed by atoms with Crippen LogP contribution in [0.3, 0.4) is 0 Å². The number of benzene rings is 3. The van der Waals surface area contributed by atoms with Crippen LogP contribution in [0.2, 0.25) is 18.6 Å². The number of rotatable bonds is 11. The van der Waals surface area contributed by atoms with E-state index in [9.17, 15) is 14.7 Å². The van der Waals surface area contributed by atoms with Crippen LogP contribution in [0.15, 0.2) is 79.0 Å². The number of amides is 3. The van der Waals surface area contributed by atoms with Crippen LogP contribution in [0.4, 0.5) is 21.2 Å². The summed E-state index contributed by atoms with van der Waals surface area (Å²) in [7, 11) is -3.45. The molecule has 5 heterocycles. The van der Waals surface area contributed by atoms with Crippen molar-refractivity contribution in [2.24, 2.45) is 5.92 Å². The number of hydrogen-bond donors (Lipinski definition) is 1. The van der Waals surface area contributed by atoms with Gasteiger partial charge in [-0.15, -0.1) is 5.10 Å². The summed E-state index contributed by atoms with van der Waals surface area (Å²) in [5.74, 6) is -0.892. The van der Waals surface area contributed by atoms with Crippen LogP contribution in [0, 0.1) is 5.92 Å². The van der Waals surface area contributed by atoms with Crippen molar-refractivity contribution in [3.8, 4) is 0 Å². The Morgan fingerprint density at radius 2 is 1.57 bits per heavy atom. The Kier molecular flexibility index (Phi) is 10.4. The highest BCUT2D eigenvalue weighted by Gasteiger charge is 2.66. The molecule has 3 aromatic carbocycles. The number of nitrogens with zero attached hydrogens (tertiary/aromatic N) is 6. The van der Waals surface area contributed by atoms with Crippen LogP contribution in [0.25, 0.3) is 0 Å². The molecule has 1 spiro atoms. The molecular weight excluding hydrogens is 728 g/mol. The summed E-state index contributed by atoms with van der Waals surface area (Å²) in [4.78, 5) is 46.3. The molecule has 4 aromatic rings. The van der Waals surface area contributed by atoms with Gasteiger partial charge in [0.25, 0.3) is 5.91 Å². The largest absolute Gasteiger partial charge is 0.395 e. The molecular formula is C43H51FN6O5Si. The van der Waals surface area contributed by atoms with Crippen molar-refractivity contribution in [1.29, 1.82) is 0 Å². The minimum atomic E-state index is -3.45. The van der Waals surface area contributed by atoms with E-state index < -0.39 is 31.6 Å². The topological polar surface area (TPSA) is 121 Å². The fourth-order valence-corrected chi connectivity index (χ4v) is 12.2. The van der Waals surface area contributed by atoms with E-state index in [1.165, 1.54) is 0 Å². The maximum Gasteiger partial charge on any atom is 0.264 e. The number of aromatic nitrogens is 3. The molecule has 5 atom stereocenters. The molecule has 0 bridgehead atoms. The zero-order valence-electron chi connectivity index (χ0n) is 32.4. The predicted octanol–water partition coefficient (Wildman–Crippen LogP) is 6.85. The molecule has 0 aliphatic carbocycles. The van der Waals surface area contributed by atoms with Crippen molar-refractivity contribution < 1.29 is 28.3 Å². The Balaban J connectivity index is 1.11. The summed E-state index contributed by atoms with van der Waals surface area (Å²) in [5, 5.41) is 19.0. The Bertz CT molecular complexity index is 2090. The van der Waals surface area contributed by atoms with Crippen molar-refractivity contribution >= 4 is 43.2 Å². The highest BCUT2D eigenvalue weighted by Crippen LogP contribution is 2.61. The molecule has 8 rings (SSSR count). The first-order valence-electron chi connectivity index (χ1n) is 20.1. The third kappa shape index (κ3) is 6.87. The number of ether oxygens (including phenoxy) is 1. The Morgan fingerprint density at radius 3 is 2.21 bits per heavy atom. The highest BCUT2D eigenvalue weighted by atomic mass is 28.4. The van der Waals surface area contributed by atoms with Gasteiger partial charge in [-0.1, -0.05) is 54.6 Å². The zero-order chi connectivity index (χ0) is 39.2. The molecule has 1 N–H and O–H groups in total.